The molecule has 0 aromatic carbocycles. The van der Waals surface area contributed by atoms with E-state index in [1.807, 2.05) is 0 Å². The van der Waals surface area contributed by atoms with Gasteiger partial charge in [0.05, 0.1) is 19.3 Å². The van der Waals surface area contributed by atoms with Crippen molar-refractivity contribution in [2.75, 3.05) is 20.3 Å². The Hall–Kier alpha value is -0.740. The van der Waals surface area contributed by atoms with Gasteiger partial charge in [-0.05, 0) is 13.0 Å². The highest BCUT2D eigenvalue weighted by Gasteiger charge is 2.23. The fraction of sp³-hybridized carbons (Fsp3) is 0.778. The second kappa shape index (κ2) is 5.09. The van der Waals surface area contributed by atoms with Gasteiger partial charge in [0.1, 0.15) is 6.61 Å². The van der Waals surface area contributed by atoms with E-state index in [0.29, 0.717) is 12.6 Å². The van der Waals surface area contributed by atoms with Crippen LogP contribution in [-0.2, 0) is 9.47 Å². The molecule has 0 fully saturated rings. The number of hydrogen-bond acceptors (Lipinski definition) is 4. The Morgan fingerprint density at radius 2 is 2.54 bits per heavy atom. The van der Waals surface area contributed by atoms with Crippen molar-refractivity contribution in [3.8, 4) is 0 Å². The van der Waals surface area contributed by atoms with Crippen LogP contribution < -0.4 is 5.32 Å². The summed E-state index contributed by atoms with van der Waals surface area (Å²) < 4.78 is 10.1. The zero-order valence-corrected chi connectivity index (χ0v) is 8.12. The van der Waals surface area contributed by atoms with Crippen LogP contribution in [0.2, 0.25) is 0 Å². The number of rotatable bonds is 4. The lowest BCUT2D eigenvalue weighted by molar-refractivity contribution is 0.00203. The highest BCUT2D eigenvalue weighted by Crippen LogP contribution is 2.11. The van der Waals surface area contributed by atoms with E-state index in [2.05, 4.69) is 12.2 Å². The standard InChI is InChI=1S/C9H17NO3/c1-3-4-10-7-6-13-9(12-2)5-8(7)11/h5,7-8,10-11H,3-4,6H2,1-2H3/t7-,8-/m1/s1. The molecule has 0 aromatic rings. The first-order chi connectivity index (χ1) is 6.27. The van der Waals surface area contributed by atoms with E-state index in [9.17, 15) is 5.11 Å². The zero-order chi connectivity index (χ0) is 9.68. The molecule has 2 atom stereocenters. The molecule has 76 valence electrons. The number of ether oxygens (including phenoxy) is 2. The largest absolute Gasteiger partial charge is 0.469 e. The van der Waals surface area contributed by atoms with Crippen molar-refractivity contribution in [1.82, 2.24) is 5.32 Å². The second-order valence-corrected chi connectivity index (χ2v) is 3.05. The lowest BCUT2D eigenvalue weighted by Gasteiger charge is -2.27. The first-order valence-electron chi connectivity index (χ1n) is 4.58. The van der Waals surface area contributed by atoms with Gasteiger partial charge in [-0.15, -0.1) is 0 Å². The van der Waals surface area contributed by atoms with Crippen LogP contribution in [-0.4, -0.2) is 37.5 Å². The topological polar surface area (TPSA) is 50.7 Å². The Kier molecular flexibility index (Phi) is 4.05. The summed E-state index contributed by atoms with van der Waals surface area (Å²) in [5.74, 6) is 0.405. The highest BCUT2D eigenvalue weighted by molar-refractivity contribution is 5.00. The van der Waals surface area contributed by atoms with Crippen LogP contribution >= 0.6 is 0 Å². The maximum atomic E-state index is 9.60. The van der Waals surface area contributed by atoms with Crippen molar-refractivity contribution >= 4 is 0 Å². The van der Waals surface area contributed by atoms with Gasteiger partial charge < -0.3 is 19.9 Å². The minimum Gasteiger partial charge on any atom is -0.469 e. The van der Waals surface area contributed by atoms with Crippen LogP contribution in [0.5, 0.6) is 0 Å². The third kappa shape index (κ3) is 2.90. The molecular formula is C9H17NO3. The SMILES string of the molecule is CCCN[C@@H]1COC(OC)=C[C@H]1O. The van der Waals surface area contributed by atoms with Crippen LogP contribution in [0.15, 0.2) is 12.0 Å². The van der Waals surface area contributed by atoms with Gasteiger partial charge in [-0.3, -0.25) is 0 Å². The molecule has 0 radical (unpaired) electrons. The van der Waals surface area contributed by atoms with Crippen LogP contribution in [0.4, 0.5) is 0 Å². The quantitative estimate of drug-likeness (QED) is 0.661. The molecule has 13 heavy (non-hydrogen) atoms. The molecule has 0 aliphatic carbocycles. The summed E-state index contributed by atoms with van der Waals surface area (Å²) in [6.45, 7) is 3.43. The molecule has 1 rings (SSSR count). The molecule has 0 saturated heterocycles. The van der Waals surface area contributed by atoms with Crippen molar-refractivity contribution in [2.45, 2.75) is 25.5 Å². The molecule has 1 heterocycles. The molecule has 1 aliphatic heterocycles. The van der Waals surface area contributed by atoms with E-state index in [1.54, 1.807) is 6.08 Å². The first kappa shape index (κ1) is 10.3. The minimum atomic E-state index is -0.518. The molecule has 0 spiro atoms. The van der Waals surface area contributed by atoms with E-state index >= 15 is 0 Å². The molecule has 0 unspecified atom stereocenters. The molecule has 1 aliphatic rings. The molecule has 0 bridgehead atoms. The van der Waals surface area contributed by atoms with E-state index in [4.69, 9.17) is 9.47 Å². The van der Waals surface area contributed by atoms with Gasteiger partial charge in [0, 0.05) is 6.08 Å². The maximum Gasteiger partial charge on any atom is 0.277 e. The number of hydrogen-bond donors (Lipinski definition) is 2. The monoisotopic (exact) mass is 187 g/mol. The van der Waals surface area contributed by atoms with Gasteiger partial charge in [-0.2, -0.15) is 0 Å². The van der Waals surface area contributed by atoms with Crippen molar-refractivity contribution in [2.24, 2.45) is 0 Å². The molecule has 0 aromatic heterocycles. The summed E-state index contributed by atoms with van der Waals surface area (Å²) in [5, 5.41) is 12.8. The van der Waals surface area contributed by atoms with E-state index in [1.165, 1.54) is 7.11 Å². The van der Waals surface area contributed by atoms with Crippen molar-refractivity contribution in [3.63, 3.8) is 0 Å². The van der Waals surface area contributed by atoms with Crippen molar-refractivity contribution in [3.05, 3.63) is 12.0 Å². The van der Waals surface area contributed by atoms with Gasteiger partial charge in [-0.25, -0.2) is 0 Å². The number of aliphatic hydroxyl groups excluding tert-OH is 1. The Morgan fingerprint density at radius 3 is 3.08 bits per heavy atom. The van der Waals surface area contributed by atoms with Gasteiger partial charge in [0.2, 0.25) is 0 Å². The maximum absolute atomic E-state index is 9.60. The zero-order valence-electron chi connectivity index (χ0n) is 8.12. The lowest BCUT2D eigenvalue weighted by Crippen LogP contribution is -2.45. The summed E-state index contributed by atoms with van der Waals surface area (Å²) in [5.41, 5.74) is 0. The minimum absolute atomic E-state index is 0.0150. The number of methoxy groups -OCH3 is 1. The average Bonchev–Trinajstić information content (AvgIpc) is 2.16. The molecule has 0 saturated carbocycles. The predicted molar refractivity (Wildman–Crippen MR) is 49.1 cm³/mol. The molecule has 0 amide bonds. The van der Waals surface area contributed by atoms with Crippen molar-refractivity contribution < 1.29 is 14.6 Å². The number of nitrogens with one attached hydrogen (secondary N) is 1. The van der Waals surface area contributed by atoms with Crippen LogP contribution in [0.3, 0.4) is 0 Å². The molecule has 4 heteroatoms. The van der Waals surface area contributed by atoms with Gasteiger partial charge in [-0.1, -0.05) is 6.92 Å². The normalized spacial score (nSPS) is 27.8. The fourth-order valence-corrected chi connectivity index (χ4v) is 1.21. The third-order valence-electron chi connectivity index (χ3n) is 1.98. The Balaban J connectivity index is 2.40. The number of aliphatic hydroxyl groups is 1. The highest BCUT2D eigenvalue weighted by atomic mass is 16.7. The third-order valence-corrected chi connectivity index (χ3v) is 1.98. The van der Waals surface area contributed by atoms with Crippen LogP contribution in [0, 0.1) is 0 Å². The van der Waals surface area contributed by atoms with E-state index < -0.39 is 6.10 Å². The first-order valence-corrected chi connectivity index (χ1v) is 4.58. The molecule has 2 N–H and O–H groups in total. The summed E-state index contributed by atoms with van der Waals surface area (Å²) in [6, 6.07) is -0.0150. The smallest absolute Gasteiger partial charge is 0.277 e. The summed E-state index contributed by atoms with van der Waals surface area (Å²) >= 11 is 0. The second-order valence-electron chi connectivity index (χ2n) is 3.05. The summed E-state index contributed by atoms with van der Waals surface area (Å²) in [4.78, 5) is 0. The van der Waals surface area contributed by atoms with Crippen LogP contribution in [0.1, 0.15) is 13.3 Å². The average molecular weight is 187 g/mol. The summed E-state index contributed by atoms with van der Waals surface area (Å²) in [6.07, 6.45) is 2.11. The Morgan fingerprint density at radius 1 is 1.77 bits per heavy atom. The summed E-state index contributed by atoms with van der Waals surface area (Å²) in [7, 11) is 1.53. The Bertz CT molecular complexity index is 182. The van der Waals surface area contributed by atoms with E-state index in [-0.39, 0.29) is 6.04 Å². The van der Waals surface area contributed by atoms with Crippen LogP contribution in [0.25, 0.3) is 0 Å². The molecule has 4 nitrogen and oxygen atoms in total. The van der Waals surface area contributed by atoms with Crippen molar-refractivity contribution in [1.29, 1.82) is 0 Å². The predicted octanol–water partition coefficient (Wildman–Crippen LogP) is 0.233. The van der Waals surface area contributed by atoms with Gasteiger partial charge in [0.25, 0.3) is 5.95 Å². The van der Waals surface area contributed by atoms with E-state index in [0.717, 1.165) is 13.0 Å². The lowest BCUT2D eigenvalue weighted by atomic mass is 10.1. The van der Waals surface area contributed by atoms with Gasteiger partial charge in [0.15, 0.2) is 0 Å². The Labute approximate surface area is 78.5 Å². The molecular weight excluding hydrogens is 170 g/mol. The van der Waals surface area contributed by atoms with Gasteiger partial charge >= 0.3 is 0 Å². The fourth-order valence-electron chi connectivity index (χ4n) is 1.21.